The Morgan fingerprint density at radius 1 is 0.922 bits per heavy atom. The number of carboxylic acids is 1. The molecule has 1 heterocycles. The summed E-state index contributed by atoms with van der Waals surface area (Å²) in [7, 11) is -2.86. The van der Waals surface area contributed by atoms with Crippen molar-refractivity contribution in [1.29, 1.82) is 0 Å². The molecule has 4 saturated carbocycles. The number of alkyl halides is 1. The predicted octanol–water partition coefficient (Wildman–Crippen LogP) is 8.48. The van der Waals surface area contributed by atoms with Crippen LogP contribution < -0.4 is 5.32 Å². The maximum absolute atomic E-state index is 14.0. The highest BCUT2D eigenvalue weighted by Gasteiger charge is 2.70. The van der Waals surface area contributed by atoms with Crippen molar-refractivity contribution in [3.8, 4) is 0 Å². The number of allylic oxidation sites excluding steroid dienone is 4. The number of fused-ring (bicyclic) bond motifs is 7. The van der Waals surface area contributed by atoms with Crippen molar-refractivity contribution in [3.63, 3.8) is 0 Å². The van der Waals surface area contributed by atoms with Gasteiger partial charge in [0.2, 0.25) is 0 Å². The first-order valence-corrected chi connectivity index (χ1v) is 22.6. The minimum absolute atomic E-state index is 0.00473. The molecule has 7 aliphatic rings. The molecular formula is C43H69FN2O4S. The summed E-state index contributed by atoms with van der Waals surface area (Å²) in [6.07, 6.45) is 17.3. The number of carbonyl (C=O) groups is 1. The van der Waals surface area contributed by atoms with E-state index in [-0.39, 0.29) is 21.8 Å². The van der Waals surface area contributed by atoms with Crippen LogP contribution in [0.4, 0.5) is 4.39 Å². The summed E-state index contributed by atoms with van der Waals surface area (Å²) in [5.74, 6) is 3.68. The van der Waals surface area contributed by atoms with Gasteiger partial charge in [-0.05, 0) is 145 Å². The van der Waals surface area contributed by atoms with Gasteiger partial charge in [-0.15, -0.1) is 0 Å². The summed E-state index contributed by atoms with van der Waals surface area (Å²) >= 11 is 0. The largest absolute Gasteiger partial charge is 0.481 e. The molecule has 5 fully saturated rings. The second-order valence-electron chi connectivity index (χ2n) is 20.4. The second kappa shape index (κ2) is 12.9. The molecule has 7 rings (SSSR count). The number of hydrogen-bond acceptors (Lipinski definition) is 5. The van der Waals surface area contributed by atoms with Crippen LogP contribution in [0.15, 0.2) is 23.3 Å². The van der Waals surface area contributed by atoms with E-state index in [1.54, 1.807) is 0 Å². The fourth-order valence-electron chi connectivity index (χ4n) is 14.8. The fraction of sp³-hybridized carbons (Fsp3) is 0.884. The Bertz CT molecular complexity index is 1540. The number of halogens is 1. The Morgan fingerprint density at radius 3 is 2.27 bits per heavy atom. The van der Waals surface area contributed by atoms with Crippen LogP contribution in [-0.4, -0.2) is 74.3 Å². The average molecular weight is 729 g/mol. The summed E-state index contributed by atoms with van der Waals surface area (Å²) in [5.41, 5.74) is 2.43. The molecule has 2 N–H and O–H groups in total. The predicted molar refractivity (Wildman–Crippen MR) is 204 cm³/mol. The number of rotatable bonds is 8. The summed E-state index contributed by atoms with van der Waals surface area (Å²) in [6, 6.07) is 0. The van der Waals surface area contributed by atoms with Crippen molar-refractivity contribution in [2.75, 3.05) is 44.4 Å². The number of nitrogens with one attached hydrogen (secondary N) is 1. The number of nitrogens with zero attached hydrogens (tertiary/aromatic N) is 1. The van der Waals surface area contributed by atoms with Crippen LogP contribution in [0.2, 0.25) is 0 Å². The highest BCUT2D eigenvalue weighted by molar-refractivity contribution is 7.91. The van der Waals surface area contributed by atoms with Gasteiger partial charge < -0.3 is 15.3 Å². The SMILES string of the molecule is CC(C)[C@@H]1CC[C@]2(NCCN3CCS(=O)(=O)CC3)CC[C@]3(C)[C@H](CC[C@@H]4[C@@]5(C)CC=C(C6=CC[C@@](CF)(C(=O)O)CC6)C(C)(C)[C@@H]5CC[C@]43C)[C@@H]12. The molecule has 0 aromatic rings. The molecule has 0 spiro atoms. The Balaban J connectivity index is 1.13. The molecule has 1 aliphatic heterocycles. The minimum Gasteiger partial charge on any atom is -0.481 e. The summed E-state index contributed by atoms with van der Waals surface area (Å²) in [6.45, 7) is 20.4. The van der Waals surface area contributed by atoms with Gasteiger partial charge >= 0.3 is 5.97 Å². The van der Waals surface area contributed by atoms with Gasteiger partial charge in [0.1, 0.15) is 6.67 Å². The van der Waals surface area contributed by atoms with Crippen molar-refractivity contribution in [2.24, 2.45) is 62.6 Å². The second-order valence-corrected chi connectivity index (χ2v) is 22.7. The minimum atomic E-state index is -2.86. The van der Waals surface area contributed by atoms with Gasteiger partial charge in [-0.1, -0.05) is 60.6 Å². The van der Waals surface area contributed by atoms with Crippen LogP contribution in [0.3, 0.4) is 0 Å². The van der Waals surface area contributed by atoms with Crippen LogP contribution in [-0.2, 0) is 14.6 Å². The van der Waals surface area contributed by atoms with Gasteiger partial charge in [0.25, 0.3) is 0 Å². The molecule has 6 aliphatic carbocycles. The van der Waals surface area contributed by atoms with Gasteiger partial charge in [-0.2, -0.15) is 0 Å². The van der Waals surface area contributed by atoms with E-state index in [1.807, 2.05) is 0 Å². The molecule has 288 valence electrons. The molecule has 51 heavy (non-hydrogen) atoms. The van der Waals surface area contributed by atoms with Gasteiger partial charge in [0, 0.05) is 31.7 Å². The lowest BCUT2D eigenvalue weighted by molar-refractivity contribution is -0.223. The quantitative estimate of drug-likeness (QED) is 0.261. The lowest BCUT2D eigenvalue weighted by atomic mass is 9.32. The van der Waals surface area contributed by atoms with Gasteiger partial charge in [0.15, 0.2) is 9.84 Å². The van der Waals surface area contributed by atoms with Crippen LogP contribution in [0.25, 0.3) is 0 Å². The van der Waals surface area contributed by atoms with Gasteiger partial charge in [-0.25, -0.2) is 12.8 Å². The molecule has 0 aromatic carbocycles. The monoisotopic (exact) mass is 728 g/mol. The Kier molecular flexibility index (Phi) is 9.64. The van der Waals surface area contributed by atoms with E-state index in [2.05, 4.69) is 70.8 Å². The van der Waals surface area contributed by atoms with Gasteiger partial charge in [-0.3, -0.25) is 4.79 Å². The van der Waals surface area contributed by atoms with E-state index in [9.17, 15) is 22.7 Å². The van der Waals surface area contributed by atoms with Crippen LogP contribution in [0.5, 0.6) is 0 Å². The highest BCUT2D eigenvalue weighted by atomic mass is 32.2. The standard InChI is InChI=1S/C43H69FN2O4S/c1-29(2)31-12-19-43(45-22-23-46-24-26-51(49,50)27-25-46)21-20-40(6)33(36(31)43)8-9-35-39(5)15-13-32(38(3,4)34(39)14-16-41(35,40)7)30-10-17-42(28-44,18-11-30)37(47)48/h10,13,29,31,33-36,45H,8-9,11-12,14-28H2,1-7H3,(H,47,48)/t31-,33+,34-,35+,36+,39-,40+,41+,42+,43-/m0/s1. The summed E-state index contributed by atoms with van der Waals surface area (Å²) < 4.78 is 38.1. The third-order valence-electron chi connectivity index (χ3n) is 17.9. The van der Waals surface area contributed by atoms with E-state index in [0.29, 0.717) is 72.9 Å². The number of sulfone groups is 1. The Morgan fingerprint density at radius 2 is 1.65 bits per heavy atom. The van der Waals surface area contributed by atoms with Gasteiger partial charge in [0.05, 0.1) is 16.9 Å². The third-order valence-corrected chi connectivity index (χ3v) is 19.5. The number of hydrogen-bond donors (Lipinski definition) is 2. The normalized spacial score (nSPS) is 46.3. The molecule has 6 nitrogen and oxygen atoms in total. The van der Waals surface area contributed by atoms with Crippen molar-refractivity contribution in [3.05, 3.63) is 23.3 Å². The summed E-state index contributed by atoms with van der Waals surface area (Å²) in [5, 5.41) is 14.1. The smallest absolute Gasteiger partial charge is 0.312 e. The number of aliphatic carboxylic acids is 1. The highest BCUT2D eigenvalue weighted by Crippen LogP contribution is 2.76. The maximum Gasteiger partial charge on any atom is 0.312 e. The zero-order chi connectivity index (χ0) is 36.8. The molecule has 0 radical (unpaired) electrons. The van der Waals surface area contributed by atoms with E-state index in [4.69, 9.17) is 0 Å². The van der Waals surface area contributed by atoms with E-state index >= 15 is 0 Å². The third kappa shape index (κ3) is 5.78. The Hall–Kier alpha value is -1.25. The van der Waals surface area contributed by atoms with Crippen molar-refractivity contribution in [2.45, 2.75) is 131 Å². The molecule has 0 unspecified atom stereocenters. The molecule has 1 saturated heterocycles. The molecular weight excluding hydrogens is 660 g/mol. The molecule has 0 bridgehead atoms. The van der Waals surface area contributed by atoms with Crippen LogP contribution >= 0.6 is 0 Å². The molecule has 0 amide bonds. The topological polar surface area (TPSA) is 86.7 Å². The van der Waals surface area contributed by atoms with E-state index < -0.39 is 27.9 Å². The number of carboxylic acid groups (broad SMARTS) is 1. The van der Waals surface area contributed by atoms with Crippen LogP contribution in [0.1, 0.15) is 126 Å². The molecule has 0 aromatic heterocycles. The lowest BCUT2D eigenvalue weighted by Crippen LogP contribution is -2.68. The summed E-state index contributed by atoms with van der Waals surface area (Å²) in [4.78, 5) is 14.3. The maximum atomic E-state index is 14.0. The van der Waals surface area contributed by atoms with Crippen molar-refractivity contribution in [1.82, 2.24) is 10.2 Å². The van der Waals surface area contributed by atoms with E-state index in [0.717, 1.165) is 31.3 Å². The first-order chi connectivity index (χ1) is 23.9. The first kappa shape index (κ1) is 38.0. The fourth-order valence-corrected chi connectivity index (χ4v) is 16.1. The first-order valence-electron chi connectivity index (χ1n) is 20.8. The zero-order valence-corrected chi connectivity index (χ0v) is 33.8. The van der Waals surface area contributed by atoms with Crippen LogP contribution in [0, 0.1) is 62.6 Å². The average Bonchev–Trinajstić information content (AvgIpc) is 3.46. The molecule has 8 heteroatoms. The lowest BCUT2D eigenvalue weighted by Gasteiger charge is -2.72. The van der Waals surface area contributed by atoms with Crippen molar-refractivity contribution >= 4 is 15.8 Å². The Labute approximate surface area is 309 Å². The van der Waals surface area contributed by atoms with E-state index in [1.165, 1.54) is 62.5 Å². The zero-order valence-electron chi connectivity index (χ0n) is 33.0. The van der Waals surface area contributed by atoms with Crippen molar-refractivity contribution < 1.29 is 22.7 Å². The molecule has 10 atom stereocenters.